The number of H-pyrrole nitrogens is 1. The van der Waals surface area contributed by atoms with E-state index in [4.69, 9.17) is 5.73 Å². The monoisotopic (exact) mass is 476 g/mol. The van der Waals surface area contributed by atoms with Crippen LogP contribution < -0.4 is 5.73 Å². The number of hydrogen-bond donors (Lipinski definition) is 2. The van der Waals surface area contributed by atoms with Gasteiger partial charge in [-0.25, -0.2) is 9.37 Å². The minimum Gasteiger partial charge on any atom is -0.383 e. The minimum atomic E-state index is -4.59. The predicted octanol–water partition coefficient (Wildman–Crippen LogP) is 3.64. The lowest BCUT2D eigenvalue weighted by Gasteiger charge is -2.44. The molecule has 1 spiro atoms. The zero-order valence-electron chi connectivity index (χ0n) is 18.3. The van der Waals surface area contributed by atoms with Gasteiger partial charge >= 0.3 is 6.18 Å². The highest BCUT2D eigenvalue weighted by atomic mass is 19.4. The number of rotatable bonds is 4. The van der Waals surface area contributed by atoms with Gasteiger partial charge in [0.15, 0.2) is 5.82 Å². The number of alkyl halides is 4. The van der Waals surface area contributed by atoms with Gasteiger partial charge in [-0.15, -0.1) is 10.2 Å². The fourth-order valence-corrected chi connectivity index (χ4v) is 5.87. The normalized spacial score (nSPS) is 24.9. The van der Waals surface area contributed by atoms with Gasteiger partial charge in [0.1, 0.15) is 23.9 Å². The number of likely N-dealkylation sites (tertiary alicyclic amines) is 1. The molecule has 0 bridgehead atoms. The van der Waals surface area contributed by atoms with Crippen molar-refractivity contribution >= 4 is 5.82 Å². The second-order valence-electron chi connectivity index (χ2n) is 9.71. The van der Waals surface area contributed by atoms with Gasteiger partial charge in [-0.05, 0) is 50.8 Å². The molecule has 12 heteroatoms. The van der Waals surface area contributed by atoms with Crippen LogP contribution in [0.3, 0.4) is 0 Å². The quantitative estimate of drug-likeness (QED) is 0.558. The van der Waals surface area contributed by atoms with Gasteiger partial charge in [0.25, 0.3) is 0 Å². The van der Waals surface area contributed by atoms with Crippen molar-refractivity contribution in [3.63, 3.8) is 0 Å². The lowest BCUT2D eigenvalue weighted by molar-refractivity contribution is -0.137. The van der Waals surface area contributed by atoms with Crippen LogP contribution in [0, 0.1) is 0 Å². The molecule has 1 aliphatic carbocycles. The number of fused-ring (bicyclic) bond motifs is 2. The van der Waals surface area contributed by atoms with Crippen LogP contribution >= 0.6 is 0 Å². The molecule has 1 saturated carbocycles. The molecule has 1 saturated heterocycles. The average molecular weight is 476 g/mol. The summed E-state index contributed by atoms with van der Waals surface area (Å²) in [5.41, 5.74) is 4.57. The Morgan fingerprint density at radius 2 is 1.91 bits per heavy atom. The van der Waals surface area contributed by atoms with Gasteiger partial charge < -0.3 is 10.7 Å². The molecule has 0 radical (unpaired) electrons. The fourth-order valence-electron chi connectivity index (χ4n) is 5.87. The van der Waals surface area contributed by atoms with Crippen LogP contribution in [0.15, 0.2) is 24.7 Å². The summed E-state index contributed by atoms with van der Waals surface area (Å²) in [6.45, 7) is 1.98. The third kappa shape index (κ3) is 3.22. The van der Waals surface area contributed by atoms with Crippen LogP contribution in [-0.2, 0) is 18.1 Å². The molecule has 2 fully saturated rings. The number of aromatic amines is 1. The molecule has 0 aromatic carbocycles. The summed E-state index contributed by atoms with van der Waals surface area (Å²) in [7, 11) is 0. The number of pyridine rings is 1. The van der Waals surface area contributed by atoms with Crippen molar-refractivity contribution in [2.45, 2.75) is 62.0 Å². The van der Waals surface area contributed by atoms with Crippen molar-refractivity contribution in [2.24, 2.45) is 0 Å². The van der Waals surface area contributed by atoms with Crippen molar-refractivity contribution in [3.05, 3.63) is 41.7 Å². The Morgan fingerprint density at radius 1 is 1.12 bits per heavy atom. The van der Waals surface area contributed by atoms with Gasteiger partial charge in [-0.2, -0.15) is 18.3 Å². The Labute approximate surface area is 192 Å². The standard InChI is InChI=1S/C22H24F4N8/c23-21(2-1-3-21)17(19-29-12-30-31-19)33-6-4-20(11-33)5-7-34-16(20)9-15(32-34)13-8-14(22(24,25)26)18(27)28-10-13/h8-10,12,17H,1-7,11H2,(H2,27,28)(H,29,30,31)/t17?,20-/m1/s1. The first-order valence-corrected chi connectivity index (χ1v) is 11.4. The van der Waals surface area contributed by atoms with E-state index in [1.165, 1.54) is 12.5 Å². The highest BCUT2D eigenvalue weighted by Crippen LogP contribution is 2.52. The van der Waals surface area contributed by atoms with Crippen molar-refractivity contribution in [3.8, 4) is 11.3 Å². The Bertz CT molecular complexity index is 1220. The van der Waals surface area contributed by atoms with E-state index in [2.05, 4.69) is 30.2 Å². The smallest absolute Gasteiger partial charge is 0.383 e. The van der Waals surface area contributed by atoms with Gasteiger partial charge in [-0.3, -0.25) is 9.58 Å². The molecular formula is C22H24F4N8. The molecule has 3 N–H and O–H groups in total. The number of halogens is 4. The summed E-state index contributed by atoms with van der Waals surface area (Å²) in [6, 6.07) is 2.36. The zero-order chi connectivity index (χ0) is 23.7. The number of nitrogens with zero attached hydrogens (tertiary/aromatic N) is 6. The number of nitrogens with two attached hydrogens (primary N) is 1. The predicted molar refractivity (Wildman–Crippen MR) is 114 cm³/mol. The minimum absolute atomic E-state index is 0.238. The number of hydrogen-bond acceptors (Lipinski definition) is 6. The van der Waals surface area contributed by atoms with Crippen molar-refractivity contribution < 1.29 is 17.6 Å². The molecule has 6 rings (SSSR count). The summed E-state index contributed by atoms with van der Waals surface area (Å²) in [5.74, 6) is -0.0143. The Morgan fingerprint density at radius 3 is 2.59 bits per heavy atom. The van der Waals surface area contributed by atoms with Gasteiger partial charge in [0.05, 0.1) is 11.3 Å². The first kappa shape index (κ1) is 21.5. The Hall–Kier alpha value is -3.02. The average Bonchev–Trinajstić information content (AvgIpc) is 3.54. The molecule has 3 aromatic rings. The van der Waals surface area contributed by atoms with E-state index in [1.54, 1.807) is 0 Å². The lowest BCUT2D eigenvalue weighted by Crippen LogP contribution is -2.48. The molecule has 180 valence electrons. The Kier molecular flexibility index (Phi) is 4.58. The summed E-state index contributed by atoms with van der Waals surface area (Å²) >= 11 is 0. The topological polar surface area (TPSA) is 102 Å². The van der Waals surface area contributed by atoms with Gasteiger partial charge in [0.2, 0.25) is 0 Å². The third-order valence-corrected chi connectivity index (χ3v) is 7.76. The van der Waals surface area contributed by atoms with Crippen LogP contribution in [-0.4, -0.2) is 53.6 Å². The number of aryl methyl sites for hydroxylation is 1. The van der Waals surface area contributed by atoms with Gasteiger partial charge in [0, 0.05) is 36.0 Å². The molecule has 0 amide bonds. The van der Waals surface area contributed by atoms with E-state index < -0.39 is 29.3 Å². The molecule has 5 heterocycles. The summed E-state index contributed by atoms with van der Waals surface area (Å²) < 4.78 is 57.5. The van der Waals surface area contributed by atoms with E-state index in [1.807, 2.05) is 10.7 Å². The summed E-state index contributed by atoms with van der Waals surface area (Å²) in [6.07, 6.45) is 1.71. The maximum Gasteiger partial charge on any atom is 0.419 e. The number of nitrogen functional groups attached to an aromatic ring is 1. The molecule has 2 aliphatic heterocycles. The van der Waals surface area contributed by atoms with E-state index in [9.17, 15) is 13.2 Å². The van der Waals surface area contributed by atoms with Crippen LogP contribution in [0.5, 0.6) is 0 Å². The fraction of sp³-hybridized carbons (Fsp3) is 0.545. The number of anilines is 1. The molecule has 1 unspecified atom stereocenters. The molecule has 3 aromatic heterocycles. The second kappa shape index (κ2) is 7.24. The van der Waals surface area contributed by atoms with E-state index in [-0.39, 0.29) is 11.0 Å². The van der Waals surface area contributed by atoms with Crippen molar-refractivity contribution in [1.82, 2.24) is 34.8 Å². The van der Waals surface area contributed by atoms with Crippen molar-refractivity contribution in [1.29, 1.82) is 0 Å². The highest BCUT2D eigenvalue weighted by Gasteiger charge is 2.54. The van der Waals surface area contributed by atoms with Crippen LogP contribution in [0.4, 0.5) is 23.4 Å². The van der Waals surface area contributed by atoms with Crippen LogP contribution in [0.1, 0.15) is 55.2 Å². The largest absolute Gasteiger partial charge is 0.419 e. The molecular weight excluding hydrogens is 452 g/mol. The zero-order valence-corrected chi connectivity index (χ0v) is 18.3. The van der Waals surface area contributed by atoms with E-state index >= 15 is 4.39 Å². The van der Waals surface area contributed by atoms with E-state index in [0.29, 0.717) is 44.0 Å². The number of nitrogens with one attached hydrogen (secondary N) is 1. The first-order valence-electron chi connectivity index (χ1n) is 11.4. The number of aromatic nitrogens is 6. The maximum atomic E-state index is 15.7. The second-order valence-corrected chi connectivity index (χ2v) is 9.71. The highest BCUT2D eigenvalue weighted by molar-refractivity contribution is 5.63. The van der Waals surface area contributed by atoms with Gasteiger partial charge in [-0.1, -0.05) is 0 Å². The van der Waals surface area contributed by atoms with E-state index in [0.717, 1.165) is 31.0 Å². The SMILES string of the molecule is Nc1ncc(-c2cc3n(n2)CC[C@@]32CCN(C(c3nnc[nH]3)C3(F)CCC3)C2)cc1C(F)(F)F. The Balaban J connectivity index is 1.31. The van der Waals surface area contributed by atoms with Crippen LogP contribution in [0.2, 0.25) is 0 Å². The maximum absolute atomic E-state index is 15.7. The molecule has 2 atom stereocenters. The summed E-state index contributed by atoms with van der Waals surface area (Å²) in [5, 5.41) is 12.6. The lowest BCUT2D eigenvalue weighted by atomic mass is 9.75. The molecule has 8 nitrogen and oxygen atoms in total. The first-order chi connectivity index (χ1) is 16.2. The van der Waals surface area contributed by atoms with Crippen molar-refractivity contribution in [2.75, 3.05) is 18.8 Å². The third-order valence-electron chi connectivity index (χ3n) is 7.76. The molecule has 34 heavy (non-hydrogen) atoms. The molecule has 3 aliphatic rings. The summed E-state index contributed by atoms with van der Waals surface area (Å²) in [4.78, 5) is 8.89. The van der Waals surface area contributed by atoms with Crippen LogP contribution in [0.25, 0.3) is 11.3 Å².